The minimum absolute atomic E-state index is 0.224. The van der Waals surface area contributed by atoms with Gasteiger partial charge in [0.05, 0.1) is 6.61 Å². The summed E-state index contributed by atoms with van der Waals surface area (Å²) in [4.78, 5) is 1.97. The second-order valence-electron chi connectivity index (χ2n) is 6.48. The SMILES string of the molecule is CC(C)CO[P@](=O)(c1ccc(N(C)C)cc1)[C@H](O)c1ccccc1. The first-order valence-electron chi connectivity index (χ1n) is 8.10. The Labute approximate surface area is 144 Å². The topological polar surface area (TPSA) is 49.8 Å². The molecule has 0 spiro atoms. The molecule has 4 nitrogen and oxygen atoms in total. The lowest BCUT2D eigenvalue weighted by Crippen LogP contribution is -2.17. The van der Waals surface area contributed by atoms with Gasteiger partial charge in [0.1, 0.15) is 0 Å². The standard InChI is InChI=1S/C19H26NO3P/c1-15(2)14-23-24(22,19(21)16-8-6-5-7-9-16)18-12-10-17(11-13-18)20(3)4/h5-13,15,19,21H,14H2,1-4H3/t19-,24+/m0/s1. The molecule has 0 amide bonds. The molecule has 24 heavy (non-hydrogen) atoms. The number of hydrogen-bond donors (Lipinski definition) is 1. The van der Waals surface area contributed by atoms with Crippen molar-refractivity contribution >= 4 is 18.4 Å². The largest absolute Gasteiger partial charge is 0.378 e. The zero-order valence-electron chi connectivity index (χ0n) is 14.7. The fourth-order valence-corrected chi connectivity index (χ4v) is 4.55. The number of rotatable bonds is 7. The van der Waals surface area contributed by atoms with Gasteiger partial charge < -0.3 is 14.5 Å². The fraction of sp³-hybridized carbons (Fsp3) is 0.368. The summed E-state index contributed by atoms with van der Waals surface area (Å²) in [7, 11) is 0.443. The van der Waals surface area contributed by atoms with Crippen molar-refractivity contribution in [3.8, 4) is 0 Å². The lowest BCUT2D eigenvalue weighted by atomic mass is 10.2. The van der Waals surface area contributed by atoms with Crippen LogP contribution in [0.15, 0.2) is 54.6 Å². The van der Waals surface area contributed by atoms with E-state index in [9.17, 15) is 9.67 Å². The van der Waals surface area contributed by atoms with Crippen LogP contribution in [0, 0.1) is 5.92 Å². The van der Waals surface area contributed by atoms with Crippen molar-refractivity contribution < 1.29 is 14.2 Å². The van der Waals surface area contributed by atoms with Gasteiger partial charge in [-0.15, -0.1) is 0 Å². The molecule has 2 rings (SSSR count). The summed E-state index contributed by atoms with van der Waals surface area (Å²) >= 11 is 0. The van der Waals surface area contributed by atoms with Gasteiger partial charge in [-0.3, -0.25) is 4.57 Å². The van der Waals surface area contributed by atoms with Crippen molar-refractivity contribution in [2.24, 2.45) is 5.92 Å². The smallest absolute Gasteiger partial charge is 0.264 e. The summed E-state index contributed by atoms with van der Waals surface area (Å²) in [5, 5.41) is 11.3. The first kappa shape index (κ1) is 18.7. The predicted octanol–water partition coefficient (Wildman–Crippen LogP) is 4.02. The molecule has 5 heteroatoms. The second-order valence-corrected chi connectivity index (χ2v) is 8.94. The van der Waals surface area contributed by atoms with E-state index in [-0.39, 0.29) is 5.92 Å². The van der Waals surface area contributed by atoms with Crippen molar-refractivity contribution in [1.29, 1.82) is 0 Å². The minimum Gasteiger partial charge on any atom is -0.378 e. The summed E-state index contributed by atoms with van der Waals surface area (Å²) in [6.45, 7) is 4.32. The zero-order chi connectivity index (χ0) is 17.7. The van der Waals surface area contributed by atoms with Gasteiger partial charge in [0.2, 0.25) is 0 Å². The van der Waals surface area contributed by atoms with Crippen LogP contribution in [0.4, 0.5) is 5.69 Å². The molecule has 0 radical (unpaired) electrons. The Balaban J connectivity index is 2.41. The average molecular weight is 347 g/mol. The maximum atomic E-state index is 13.6. The lowest BCUT2D eigenvalue weighted by molar-refractivity contribution is 0.203. The summed E-state index contributed by atoms with van der Waals surface area (Å²) in [5.41, 5.74) is 1.60. The molecule has 2 atom stereocenters. The van der Waals surface area contributed by atoms with Gasteiger partial charge in [-0.1, -0.05) is 44.2 Å². The molecule has 2 aromatic carbocycles. The van der Waals surface area contributed by atoms with Crippen LogP contribution in [0.2, 0.25) is 0 Å². The summed E-state index contributed by atoms with van der Waals surface area (Å²) in [6.07, 6.45) is 0. The highest BCUT2D eigenvalue weighted by molar-refractivity contribution is 7.67. The maximum absolute atomic E-state index is 13.6. The van der Waals surface area contributed by atoms with E-state index in [1.165, 1.54) is 0 Å². The molecule has 0 aromatic heterocycles. The molecule has 0 bridgehead atoms. The van der Waals surface area contributed by atoms with E-state index in [1.807, 2.05) is 63.2 Å². The molecule has 130 valence electrons. The number of aliphatic hydroxyl groups excluding tert-OH is 1. The first-order chi connectivity index (χ1) is 11.3. The molecule has 0 aliphatic rings. The van der Waals surface area contributed by atoms with E-state index < -0.39 is 13.2 Å². The molecule has 0 saturated carbocycles. The van der Waals surface area contributed by atoms with Crippen molar-refractivity contribution in [1.82, 2.24) is 0 Å². The van der Waals surface area contributed by atoms with E-state index in [0.29, 0.717) is 17.5 Å². The van der Waals surface area contributed by atoms with E-state index >= 15 is 0 Å². The normalized spacial score (nSPS) is 15.1. The molecular formula is C19H26NO3P. The Morgan fingerprint density at radius 3 is 2.12 bits per heavy atom. The quantitative estimate of drug-likeness (QED) is 0.769. The van der Waals surface area contributed by atoms with E-state index in [4.69, 9.17) is 4.52 Å². The Morgan fingerprint density at radius 1 is 1.04 bits per heavy atom. The Morgan fingerprint density at radius 2 is 1.62 bits per heavy atom. The summed E-state index contributed by atoms with van der Waals surface area (Å²) < 4.78 is 19.4. The van der Waals surface area contributed by atoms with Crippen LogP contribution in [0.25, 0.3) is 0 Å². The van der Waals surface area contributed by atoms with Gasteiger partial charge in [-0.05, 0) is 35.7 Å². The third kappa shape index (κ3) is 4.27. The van der Waals surface area contributed by atoms with Gasteiger partial charge >= 0.3 is 0 Å². The highest BCUT2D eigenvalue weighted by atomic mass is 31.2. The monoisotopic (exact) mass is 347 g/mol. The third-order valence-electron chi connectivity index (χ3n) is 3.75. The van der Waals surface area contributed by atoms with Crippen LogP contribution < -0.4 is 10.2 Å². The summed E-state index contributed by atoms with van der Waals surface area (Å²) in [6, 6.07) is 16.4. The molecule has 0 unspecified atom stereocenters. The number of nitrogens with zero attached hydrogens (tertiary/aromatic N) is 1. The molecule has 0 heterocycles. The van der Waals surface area contributed by atoms with Crippen LogP contribution in [-0.4, -0.2) is 25.8 Å². The van der Waals surface area contributed by atoms with Gasteiger partial charge in [0, 0.05) is 25.1 Å². The second kappa shape index (κ2) is 7.98. The fourth-order valence-electron chi connectivity index (χ4n) is 2.33. The third-order valence-corrected chi connectivity index (χ3v) is 6.24. The Kier molecular flexibility index (Phi) is 6.22. The van der Waals surface area contributed by atoms with Crippen LogP contribution in [0.5, 0.6) is 0 Å². The first-order valence-corrected chi connectivity index (χ1v) is 9.79. The van der Waals surface area contributed by atoms with Gasteiger partial charge in [0.25, 0.3) is 7.37 Å². The van der Waals surface area contributed by atoms with Crippen molar-refractivity contribution in [3.05, 3.63) is 60.2 Å². The molecule has 0 fully saturated rings. The number of aliphatic hydroxyl groups is 1. The van der Waals surface area contributed by atoms with Crippen molar-refractivity contribution in [2.75, 3.05) is 25.6 Å². The highest BCUT2D eigenvalue weighted by Gasteiger charge is 2.36. The number of anilines is 1. The van der Waals surface area contributed by atoms with E-state index in [1.54, 1.807) is 24.3 Å². The van der Waals surface area contributed by atoms with Crippen LogP contribution in [0.3, 0.4) is 0 Å². The molecule has 2 aromatic rings. The number of hydrogen-bond acceptors (Lipinski definition) is 4. The lowest BCUT2D eigenvalue weighted by Gasteiger charge is -2.26. The van der Waals surface area contributed by atoms with Gasteiger partial charge in [0.15, 0.2) is 5.85 Å². The predicted molar refractivity (Wildman–Crippen MR) is 100 cm³/mol. The number of benzene rings is 2. The molecule has 0 saturated heterocycles. The Bertz CT molecular complexity index is 684. The molecule has 0 aliphatic heterocycles. The highest BCUT2D eigenvalue weighted by Crippen LogP contribution is 2.57. The van der Waals surface area contributed by atoms with E-state index in [0.717, 1.165) is 5.69 Å². The molecule has 1 N–H and O–H groups in total. The van der Waals surface area contributed by atoms with Crippen LogP contribution >= 0.6 is 7.37 Å². The van der Waals surface area contributed by atoms with Crippen molar-refractivity contribution in [2.45, 2.75) is 19.7 Å². The molecular weight excluding hydrogens is 321 g/mol. The van der Waals surface area contributed by atoms with E-state index in [2.05, 4.69) is 0 Å². The van der Waals surface area contributed by atoms with Crippen LogP contribution in [-0.2, 0) is 9.09 Å². The van der Waals surface area contributed by atoms with Gasteiger partial charge in [-0.25, -0.2) is 0 Å². The van der Waals surface area contributed by atoms with Gasteiger partial charge in [-0.2, -0.15) is 0 Å². The Hall–Kier alpha value is -1.61. The zero-order valence-corrected chi connectivity index (χ0v) is 15.6. The maximum Gasteiger partial charge on any atom is 0.264 e. The molecule has 0 aliphatic carbocycles. The summed E-state index contributed by atoms with van der Waals surface area (Å²) in [5.74, 6) is -0.954. The minimum atomic E-state index is -3.45. The average Bonchev–Trinajstić information content (AvgIpc) is 2.59. The van der Waals surface area contributed by atoms with Crippen LogP contribution in [0.1, 0.15) is 25.3 Å². The van der Waals surface area contributed by atoms with Crippen molar-refractivity contribution in [3.63, 3.8) is 0 Å².